The number of hydrogen-bond acceptors (Lipinski definition) is 2. The normalized spacial score (nSPS) is 34.5. The van der Waals surface area contributed by atoms with Gasteiger partial charge < -0.3 is 4.74 Å². The minimum atomic E-state index is 0.0600. The Bertz CT molecular complexity index is 218. The molecule has 2 heteroatoms. The lowest BCUT2D eigenvalue weighted by Gasteiger charge is -2.55. The van der Waals surface area contributed by atoms with Crippen molar-refractivity contribution in [3.05, 3.63) is 0 Å². The van der Waals surface area contributed by atoms with E-state index >= 15 is 0 Å². The second-order valence-electron chi connectivity index (χ2n) is 5.97. The Hall–Kier alpha value is -0.0800. The average Bonchev–Trinajstić information content (AvgIpc) is 2.00. The molecule has 1 N–H and O–H groups in total. The molecule has 1 saturated heterocycles. The van der Waals surface area contributed by atoms with E-state index in [1.807, 2.05) is 0 Å². The maximum atomic E-state index is 6.28. The van der Waals surface area contributed by atoms with Gasteiger partial charge in [0.25, 0.3) is 0 Å². The van der Waals surface area contributed by atoms with Crippen molar-refractivity contribution in [2.45, 2.75) is 58.8 Å². The van der Waals surface area contributed by atoms with Crippen molar-refractivity contribution in [2.24, 2.45) is 11.3 Å². The minimum absolute atomic E-state index is 0.0600. The van der Waals surface area contributed by atoms with Gasteiger partial charge in [-0.1, -0.05) is 27.7 Å². The summed E-state index contributed by atoms with van der Waals surface area (Å²) in [5.74, 6) is 0.615. The van der Waals surface area contributed by atoms with Crippen LogP contribution in [-0.4, -0.2) is 18.4 Å². The molecule has 1 unspecified atom stereocenters. The first-order chi connectivity index (χ1) is 6.45. The summed E-state index contributed by atoms with van der Waals surface area (Å²) in [6.07, 6.45) is 4.13. The predicted octanol–water partition coefficient (Wildman–Crippen LogP) is 2.54. The molecule has 2 fully saturated rings. The van der Waals surface area contributed by atoms with E-state index < -0.39 is 0 Å². The van der Waals surface area contributed by atoms with Crippen molar-refractivity contribution in [2.75, 3.05) is 6.54 Å². The number of hydrogen-bond donors (Lipinski definition) is 1. The van der Waals surface area contributed by atoms with E-state index in [4.69, 9.17) is 4.74 Å². The van der Waals surface area contributed by atoms with Gasteiger partial charge >= 0.3 is 0 Å². The number of ether oxygens (including phenoxy) is 1. The molecule has 1 aliphatic heterocycles. The summed E-state index contributed by atoms with van der Waals surface area (Å²) >= 11 is 0. The van der Waals surface area contributed by atoms with Crippen LogP contribution in [0.2, 0.25) is 0 Å². The van der Waals surface area contributed by atoms with Crippen LogP contribution in [0.1, 0.15) is 47.0 Å². The summed E-state index contributed by atoms with van der Waals surface area (Å²) in [4.78, 5) is 0. The van der Waals surface area contributed by atoms with Crippen molar-refractivity contribution < 1.29 is 4.74 Å². The number of rotatable bonds is 1. The van der Waals surface area contributed by atoms with Gasteiger partial charge in [0.2, 0.25) is 0 Å². The molecule has 1 aliphatic carbocycles. The van der Waals surface area contributed by atoms with Crippen LogP contribution in [0.5, 0.6) is 0 Å². The maximum Gasteiger partial charge on any atom is 0.119 e. The lowest BCUT2D eigenvalue weighted by molar-refractivity contribution is -0.233. The third-order valence-electron chi connectivity index (χ3n) is 3.76. The summed E-state index contributed by atoms with van der Waals surface area (Å²) in [7, 11) is 0. The summed E-state index contributed by atoms with van der Waals surface area (Å²) in [5.41, 5.74) is 0.333. The predicted molar refractivity (Wildman–Crippen MR) is 58.1 cm³/mol. The van der Waals surface area contributed by atoms with Crippen molar-refractivity contribution in [3.63, 3.8) is 0 Å². The molecule has 2 nitrogen and oxygen atoms in total. The van der Waals surface area contributed by atoms with Gasteiger partial charge in [-0.05, 0) is 25.2 Å². The molecule has 0 radical (unpaired) electrons. The highest BCUT2D eigenvalue weighted by molar-refractivity contribution is 4.98. The highest BCUT2D eigenvalue weighted by Gasteiger charge is 2.49. The van der Waals surface area contributed by atoms with Crippen LogP contribution in [0.15, 0.2) is 0 Å². The minimum Gasteiger partial charge on any atom is -0.357 e. The lowest BCUT2D eigenvalue weighted by atomic mass is 9.75. The largest absolute Gasteiger partial charge is 0.357 e. The Kier molecular flexibility index (Phi) is 2.39. The topological polar surface area (TPSA) is 21.3 Å². The Morgan fingerprint density at radius 2 is 1.93 bits per heavy atom. The highest BCUT2D eigenvalue weighted by Crippen LogP contribution is 2.43. The van der Waals surface area contributed by atoms with Crippen LogP contribution >= 0.6 is 0 Å². The standard InChI is InChI=1S/C12H23NO/c1-9(2)10-11(3,4)8-13-12(14-10)6-5-7-12/h9-10,13H,5-8H2,1-4H3. The van der Waals surface area contributed by atoms with Gasteiger partial charge in [0.15, 0.2) is 0 Å². The van der Waals surface area contributed by atoms with Crippen LogP contribution in [0.25, 0.3) is 0 Å². The molecular weight excluding hydrogens is 174 g/mol. The molecule has 0 aromatic carbocycles. The highest BCUT2D eigenvalue weighted by atomic mass is 16.5. The Labute approximate surface area is 87.4 Å². The van der Waals surface area contributed by atoms with Crippen LogP contribution < -0.4 is 5.32 Å². The van der Waals surface area contributed by atoms with Crippen LogP contribution in [0.3, 0.4) is 0 Å². The summed E-state index contributed by atoms with van der Waals surface area (Å²) in [6, 6.07) is 0. The maximum absolute atomic E-state index is 6.28. The van der Waals surface area contributed by atoms with Gasteiger partial charge in [-0.25, -0.2) is 0 Å². The van der Waals surface area contributed by atoms with Crippen LogP contribution in [0.4, 0.5) is 0 Å². The fraction of sp³-hybridized carbons (Fsp3) is 1.00. The number of nitrogens with one attached hydrogen (secondary N) is 1. The molecule has 1 atom stereocenters. The van der Waals surface area contributed by atoms with Crippen LogP contribution in [0, 0.1) is 11.3 Å². The quantitative estimate of drug-likeness (QED) is 0.697. The molecule has 1 saturated carbocycles. The first kappa shape index (κ1) is 10.4. The third kappa shape index (κ3) is 1.59. The molecule has 2 aliphatic rings. The van der Waals surface area contributed by atoms with E-state index in [1.54, 1.807) is 0 Å². The van der Waals surface area contributed by atoms with Crippen LogP contribution in [-0.2, 0) is 4.74 Å². The zero-order chi connectivity index (χ0) is 10.4. The molecule has 1 heterocycles. The van der Waals surface area contributed by atoms with Gasteiger partial charge in [0.05, 0.1) is 6.10 Å². The lowest BCUT2D eigenvalue weighted by Crippen LogP contribution is -2.65. The van der Waals surface area contributed by atoms with E-state index in [0.717, 1.165) is 6.54 Å². The van der Waals surface area contributed by atoms with Gasteiger partial charge in [-0.2, -0.15) is 0 Å². The second-order valence-corrected chi connectivity index (χ2v) is 5.97. The van der Waals surface area contributed by atoms with E-state index in [9.17, 15) is 0 Å². The van der Waals surface area contributed by atoms with Crippen molar-refractivity contribution in [1.82, 2.24) is 5.32 Å². The fourth-order valence-corrected chi connectivity index (χ4v) is 2.76. The van der Waals surface area contributed by atoms with Crippen molar-refractivity contribution >= 4 is 0 Å². The molecule has 0 aromatic heterocycles. The van der Waals surface area contributed by atoms with E-state index in [-0.39, 0.29) is 11.1 Å². The molecule has 0 aromatic rings. The summed E-state index contributed by atoms with van der Waals surface area (Å²) in [6.45, 7) is 10.2. The molecule has 14 heavy (non-hydrogen) atoms. The SMILES string of the molecule is CC(C)C1OC2(CCC2)NCC1(C)C. The molecule has 1 spiro atoms. The second kappa shape index (κ2) is 3.21. The zero-order valence-corrected chi connectivity index (χ0v) is 9.89. The Morgan fingerprint density at radius 3 is 2.36 bits per heavy atom. The van der Waals surface area contributed by atoms with Gasteiger partial charge in [0, 0.05) is 12.0 Å². The van der Waals surface area contributed by atoms with Gasteiger partial charge in [-0.3, -0.25) is 5.32 Å². The Balaban J connectivity index is 2.09. The molecular formula is C12H23NO. The van der Waals surface area contributed by atoms with E-state index in [1.165, 1.54) is 19.3 Å². The van der Waals surface area contributed by atoms with E-state index in [2.05, 4.69) is 33.0 Å². The summed E-state index contributed by atoms with van der Waals surface area (Å²) < 4.78 is 6.28. The monoisotopic (exact) mass is 197 g/mol. The van der Waals surface area contributed by atoms with E-state index in [0.29, 0.717) is 12.0 Å². The van der Waals surface area contributed by atoms with Crippen molar-refractivity contribution in [1.29, 1.82) is 0 Å². The van der Waals surface area contributed by atoms with Gasteiger partial charge in [0.1, 0.15) is 5.72 Å². The average molecular weight is 197 g/mol. The van der Waals surface area contributed by atoms with Crippen molar-refractivity contribution in [3.8, 4) is 0 Å². The smallest absolute Gasteiger partial charge is 0.119 e. The van der Waals surface area contributed by atoms with Gasteiger partial charge in [-0.15, -0.1) is 0 Å². The molecule has 0 bridgehead atoms. The fourth-order valence-electron chi connectivity index (χ4n) is 2.76. The molecule has 0 amide bonds. The molecule has 2 rings (SSSR count). The first-order valence-corrected chi connectivity index (χ1v) is 5.88. The third-order valence-corrected chi connectivity index (χ3v) is 3.76. The molecule has 82 valence electrons. The first-order valence-electron chi connectivity index (χ1n) is 5.88. The summed E-state index contributed by atoms with van der Waals surface area (Å²) in [5, 5.41) is 3.58. The zero-order valence-electron chi connectivity index (χ0n) is 9.89. The Morgan fingerprint density at radius 1 is 1.29 bits per heavy atom.